The third-order valence-corrected chi connectivity index (χ3v) is 4.78. The van der Waals surface area contributed by atoms with Gasteiger partial charge in [0.2, 0.25) is 0 Å². The smallest absolute Gasteiger partial charge is 0.340 e. The van der Waals surface area contributed by atoms with E-state index in [4.69, 9.17) is 4.74 Å². The molecule has 7 nitrogen and oxygen atoms in total. The first-order valence-corrected chi connectivity index (χ1v) is 8.96. The van der Waals surface area contributed by atoms with Crippen molar-refractivity contribution in [3.63, 3.8) is 0 Å². The van der Waals surface area contributed by atoms with Gasteiger partial charge in [0, 0.05) is 12.4 Å². The summed E-state index contributed by atoms with van der Waals surface area (Å²) < 4.78 is 6.10. The van der Waals surface area contributed by atoms with Crippen LogP contribution in [0.4, 0.5) is 5.13 Å². The number of amides is 1. The minimum absolute atomic E-state index is 0.267. The molecule has 0 aliphatic rings. The molecule has 4 rings (SSSR count). The van der Waals surface area contributed by atoms with Crippen LogP contribution < -0.4 is 5.32 Å². The van der Waals surface area contributed by atoms with Crippen molar-refractivity contribution in [2.45, 2.75) is 6.92 Å². The summed E-state index contributed by atoms with van der Waals surface area (Å²) in [5, 5.41) is 3.12. The molecule has 0 aliphatic carbocycles. The Kier molecular flexibility index (Phi) is 4.47. The number of carbonyl (C=O) groups is 2. The number of fused-ring (bicyclic) bond motifs is 2. The van der Waals surface area contributed by atoms with Gasteiger partial charge in [-0.05, 0) is 36.8 Å². The third-order valence-electron chi connectivity index (χ3n) is 3.84. The second kappa shape index (κ2) is 7.08. The molecule has 2 heterocycles. The van der Waals surface area contributed by atoms with E-state index in [1.807, 2.05) is 25.1 Å². The Morgan fingerprint density at radius 3 is 2.85 bits per heavy atom. The summed E-state index contributed by atoms with van der Waals surface area (Å²) in [6.07, 6.45) is 3.05. The molecule has 0 saturated heterocycles. The number of hydrogen-bond donors (Lipinski definition) is 1. The molecule has 27 heavy (non-hydrogen) atoms. The second-order valence-corrected chi connectivity index (χ2v) is 6.87. The van der Waals surface area contributed by atoms with Crippen LogP contribution in [-0.4, -0.2) is 33.4 Å². The summed E-state index contributed by atoms with van der Waals surface area (Å²) in [7, 11) is 0. The van der Waals surface area contributed by atoms with E-state index in [0.717, 1.165) is 15.8 Å². The maximum Gasteiger partial charge on any atom is 0.340 e. The maximum absolute atomic E-state index is 12.3. The summed E-state index contributed by atoms with van der Waals surface area (Å²) >= 11 is 1.37. The number of rotatable bonds is 4. The first kappa shape index (κ1) is 17.0. The zero-order valence-electron chi connectivity index (χ0n) is 14.3. The fourth-order valence-electron chi connectivity index (χ4n) is 2.61. The molecule has 0 atom stereocenters. The predicted octanol–water partition coefficient (Wildman–Crippen LogP) is 3.34. The fourth-order valence-corrected chi connectivity index (χ4v) is 3.59. The molecule has 0 bridgehead atoms. The minimum atomic E-state index is -0.629. The number of para-hydroxylation sites is 1. The fraction of sp³-hybridized carbons (Fsp3) is 0.105. The molecule has 134 valence electrons. The molecule has 2 aromatic carbocycles. The Bertz CT molecular complexity index is 1170. The van der Waals surface area contributed by atoms with Crippen LogP contribution in [0.3, 0.4) is 0 Å². The summed E-state index contributed by atoms with van der Waals surface area (Å²) in [5.74, 6) is -1.08. The average molecular weight is 378 g/mol. The number of thiazole rings is 1. The molecule has 1 amide bonds. The molecule has 0 spiro atoms. The normalized spacial score (nSPS) is 10.9. The van der Waals surface area contributed by atoms with Gasteiger partial charge >= 0.3 is 5.97 Å². The van der Waals surface area contributed by atoms with Gasteiger partial charge in [0.1, 0.15) is 5.52 Å². The number of aromatic nitrogens is 3. The first-order valence-electron chi connectivity index (χ1n) is 8.14. The molecule has 0 saturated carbocycles. The van der Waals surface area contributed by atoms with Crippen LogP contribution >= 0.6 is 11.3 Å². The number of nitrogens with one attached hydrogen (secondary N) is 1. The van der Waals surface area contributed by atoms with Crippen LogP contribution in [0.1, 0.15) is 15.9 Å². The lowest BCUT2D eigenvalue weighted by Gasteiger charge is -2.06. The number of aryl methyl sites for hydroxylation is 1. The number of anilines is 1. The van der Waals surface area contributed by atoms with Crippen molar-refractivity contribution >= 4 is 49.6 Å². The van der Waals surface area contributed by atoms with Gasteiger partial charge in [-0.1, -0.05) is 23.5 Å². The molecular formula is C19H14N4O3S. The monoisotopic (exact) mass is 378 g/mol. The van der Waals surface area contributed by atoms with Crippen molar-refractivity contribution in [2.24, 2.45) is 0 Å². The Morgan fingerprint density at radius 1 is 1.11 bits per heavy atom. The van der Waals surface area contributed by atoms with Crippen molar-refractivity contribution in [1.82, 2.24) is 15.0 Å². The van der Waals surface area contributed by atoms with Gasteiger partial charge in [-0.2, -0.15) is 0 Å². The molecule has 4 aromatic rings. The highest BCUT2D eigenvalue weighted by Crippen LogP contribution is 2.26. The Labute approximate surface area is 158 Å². The van der Waals surface area contributed by atoms with Crippen molar-refractivity contribution in [1.29, 1.82) is 0 Å². The second-order valence-electron chi connectivity index (χ2n) is 5.84. The van der Waals surface area contributed by atoms with Crippen molar-refractivity contribution in [2.75, 3.05) is 11.9 Å². The standard InChI is InChI=1S/C19H14N4O3S/c1-11-5-6-13-15(9-11)27-19(22-13)23-16(24)10-26-18(25)12-3-2-4-14-17(12)21-8-7-20-14/h2-9H,10H2,1H3,(H,22,23,24). The highest BCUT2D eigenvalue weighted by molar-refractivity contribution is 7.22. The summed E-state index contributed by atoms with van der Waals surface area (Å²) in [4.78, 5) is 37.1. The van der Waals surface area contributed by atoms with E-state index in [1.54, 1.807) is 24.4 Å². The van der Waals surface area contributed by atoms with Gasteiger partial charge < -0.3 is 4.74 Å². The molecule has 0 radical (unpaired) electrons. The number of ether oxygens (including phenoxy) is 1. The van der Waals surface area contributed by atoms with E-state index in [1.165, 1.54) is 17.5 Å². The van der Waals surface area contributed by atoms with Crippen LogP contribution in [0.2, 0.25) is 0 Å². The predicted molar refractivity (Wildman–Crippen MR) is 103 cm³/mol. The van der Waals surface area contributed by atoms with Crippen LogP contribution in [-0.2, 0) is 9.53 Å². The lowest BCUT2D eigenvalue weighted by molar-refractivity contribution is -0.119. The van der Waals surface area contributed by atoms with Gasteiger partial charge in [0.15, 0.2) is 11.7 Å². The van der Waals surface area contributed by atoms with Gasteiger partial charge in [-0.3, -0.25) is 20.1 Å². The summed E-state index contributed by atoms with van der Waals surface area (Å²) in [5.41, 5.74) is 3.22. The number of benzene rings is 2. The lowest BCUT2D eigenvalue weighted by Crippen LogP contribution is -2.21. The average Bonchev–Trinajstić information content (AvgIpc) is 3.06. The van der Waals surface area contributed by atoms with E-state index in [9.17, 15) is 9.59 Å². The highest BCUT2D eigenvalue weighted by atomic mass is 32.1. The lowest BCUT2D eigenvalue weighted by atomic mass is 10.2. The quantitative estimate of drug-likeness (QED) is 0.547. The van der Waals surface area contributed by atoms with Crippen molar-refractivity contribution in [3.8, 4) is 0 Å². The SMILES string of the molecule is Cc1ccc2nc(NC(=O)COC(=O)c3cccc4nccnc34)sc2c1. The Morgan fingerprint density at radius 2 is 1.96 bits per heavy atom. The van der Waals surface area contributed by atoms with E-state index < -0.39 is 18.5 Å². The topological polar surface area (TPSA) is 94.1 Å². The highest BCUT2D eigenvalue weighted by Gasteiger charge is 2.15. The molecule has 8 heteroatoms. The third kappa shape index (κ3) is 3.61. The van der Waals surface area contributed by atoms with Crippen molar-refractivity contribution in [3.05, 3.63) is 59.9 Å². The van der Waals surface area contributed by atoms with E-state index in [-0.39, 0.29) is 5.56 Å². The first-order chi connectivity index (χ1) is 13.1. The van der Waals surface area contributed by atoms with Gasteiger partial charge in [0.05, 0.1) is 21.3 Å². The van der Waals surface area contributed by atoms with Gasteiger partial charge in [0.25, 0.3) is 5.91 Å². The molecule has 0 fully saturated rings. The van der Waals surface area contributed by atoms with Crippen LogP contribution in [0.15, 0.2) is 48.8 Å². The maximum atomic E-state index is 12.3. The summed E-state index contributed by atoms with van der Waals surface area (Å²) in [6.45, 7) is 1.58. The van der Waals surface area contributed by atoms with Gasteiger partial charge in [-0.25, -0.2) is 9.78 Å². The zero-order valence-corrected chi connectivity index (χ0v) is 15.1. The number of hydrogen-bond acceptors (Lipinski definition) is 7. The van der Waals surface area contributed by atoms with Crippen LogP contribution in [0.25, 0.3) is 21.3 Å². The largest absolute Gasteiger partial charge is 0.452 e. The van der Waals surface area contributed by atoms with Crippen LogP contribution in [0.5, 0.6) is 0 Å². The van der Waals surface area contributed by atoms with Gasteiger partial charge in [-0.15, -0.1) is 0 Å². The van der Waals surface area contributed by atoms with E-state index >= 15 is 0 Å². The Hall–Kier alpha value is -3.39. The Balaban J connectivity index is 1.43. The van der Waals surface area contributed by atoms with E-state index in [0.29, 0.717) is 16.2 Å². The summed E-state index contributed by atoms with van der Waals surface area (Å²) in [6, 6.07) is 10.9. The number of esters is 1. The van der Waals surface area contributed by atoms with Crippen LogP contribution in [0, 0.1) is 6.92 Å². The zero-order chi connectivity index (χ0) is 18.8. The minimum Gasteiger partial charge on any atom is -0.452 e. The molecular weight excluding hydrogens is 364 g/mol. The molecule has 1 N–H and O–H groups in total. The molecule has 0 unspecified atom stereocenters. The molecule has 0 aliphatic heterocycles. The number of nitrogens with zero attached hydrogens (tertiary/aromatic N) is 3. The van der Waals surface area contributed by atoms with Crippen molar-refractivity contribution < 1.29 is 14.3 Å². The number of carbonyl (C=O) groups excluding carboxylic acids is 2. The van der Waals surface area contributed by atoms with E-state index in [2.05, 4.69) is 20.3 Å². The molecule has 2 aromatic heterocycles.